The maximum Gasteiger partial charge on any atom is 0.334 e. The minimum absolute atomic E-state index is 0.0713. The van der Waals surface area contributed by atoms with Gasteiger partial charge in [0.25, 0.3) is 0 Å². The summed E-state index contributed by atoms with van der Waals surface area (Å²) in [5.74, 6) is -1.37. The smallest absolute Gasteiger partial charge is 0.334 e. The number of carbonyl (C=O) groups is 3. The lowest BCUT2D eigenvalue weighted by molar-refractivity contribution is -0.141. The fourth-order valence-electron chi connectivity index (χ4n) is 2.04. The molecule has 0 saturated carbocycles. The molecule has 25 heavy (non-hydrogen) atoms. The van der Waals surface area contributed by atoms with E-state index in [-0.39, 0.29) is 17.8 Å². The number of para-hydroxylation sites is 1. The maximum atomic E-state index is 12.0. The van der Waals surface area contributed by atoms with E-state index >= 15 is 0 Å². The van der Waals surface area contributed by atoms with Gasteiger partial charge in [-0.1, -0.05) is 48.5 Å². The Balaban J connectivity index is 1.81. The number of ether oxygens (including phenoxy) is 2. The Morgan fingerprint density at radius 3 is 2.40 bits per heavy atom. The highest BCUT2D eigenvalue weighted by molar-refractivity contribution is 6.00. The molecule has 0 bridgehead atoms. The quantitative estimate of drug-likeness (QED) is 0.335. The van der Waals surface area contributed by atoms with Crippen LogP contribution in [0, 0.1) is 6.92 Å². The second-order valence-electron chi connectivity index (χ2n) is 5.44. The van der Waals surface area contributed by atoms with Gasteiger partial charge in [-0.2, -0.15) is 0 Å². The average molecular weight is 338 g/mol. The van der Waals surface area contributed by atoms with Gasteiger partial charge in [-0.25, -0.2) is 4.79 Å². The molecule has 0 aliphatic rings. The highest BCUT2D eigenvalue weighted by Gasteiger charge is 2.16. The number of benzene rings is 2. The first kappa shape index (κ1) is 18.1. The van der Waals surface area contributed by atoms with Crippen molar-refractivity contribution in [3.63, 3.8) is 0 Å². The SMILES string of the molecule is C=C(CC(=O)Oc1ccccc1)C(=O)OCC(=O)c1cccc(C)c1. The molecule has 0 radical (unpaired) electrons. The summed E-state index contributed by atoms with van der Waals surface area (Å²) in [5.41, 5.74) is 1.32. The molecule has 0 N–H and O–H groups in total. The van der Waals surface area contributed by atoms with E-state index < -0.39 is 18.5 Å². The third-order valence-corrected chi connectivity index (χ3v) is 3.30. The second kappa shape index (κ2) is 8.59. The Morgan fingerprint density at radius 1 is 1.00 bits per heavy atom. The van der Waals surface area contributed by atoms with Crippen LogP contribution in [0.3, 0.4) is 0 Å². The Hall–Kier alpha value is -3.21. The normalized spacial score (nSPS) is 9.96. The molecule has 0 atom stereocenters. The van der Waals surface area contributed by atoms with Gasteiger partial charge in [0.15, 0.2) is 12.4 Å². The van der Waals surface area contributed by atoms with Gasteiger partial charge in [0.2, 0.25) is 0 Å². The number of rotatable bonds is 7. The summed E-state index contributed by atoms with van der Waals surface area (Å²) >= 11 is 0. The molecule has 0 unspecified atom stereocenters. The third-order valence-electron chi connectivity index (χ3n) is 3.30. The summed E-state index contributed by atoms with van der Waals surface area (Å²) in [5, 5.41) is 0. The first-order chi connectivity index (χ1) is 12.0. The molecule has 0 heterocycles. The molecule has 0 saturated heterocycles. The van der Waals surface area contributed by atoms with Gasteiger partial charge < -0.3 is 9.47 Å². The average Bonchev–Trinajstić information content (AvgIpc) is 2.60. The van der Waals surface area contributed by atoms with Gasteiger partial charge >= 0.3 is 11.9 Å². The van der Waals surface area contributed by atoms with E-state index in [0.717, 1.165) is 5.56 Å². The number of hydrogen-bond acceptors (Lipinski definition) is 5. The van der Waals surface area contributed by atoms with Crippen LogP contribution in [0.1, 0.15) is 22.3 Å². The van der Waals surface area contributed by atoms with Gasteiger partial charge in [-0.05, 0) is 25.1 Å². The fourth-order valence-corrected chi connectivity index (χ4v) is 2.04. The van der Waals surface area contributed by atoms with E-state index in [9.17, 15) is 14.4 Å². The Kier molecular flexibility index (Phi) is 6.23. The van der Waals surface area contributed by atoms with Crippen LogP contribution in [0.4, 0.5) is 0 Å². The highest BCUT2D eigenvalue weighted by Crippen LogP contribution is 2.12. The van der Waals surface area contributed by atoms with Crippen molar-refractivity contribution in [2.24, 2.45) is 0 Å². The molecule has 0 aliphatic carbocycles. The lowest BCUT2D eigenvalue weighted by Crippen LogP contribution is -2.18. The van der Waals surface area contributed by atoms with Gasteiger partial charge in [0.05, 0.1) is 6.42 Å². The third kappa shape index (κ3) is 5.73. The van der Waals surface area contributed by atoms with Crippen molar-refractivity contribution in [3.05, 3.63) is 77.9 Å². The molecule has 0 aromatic heterocycles. The zero-order valence-corrected chi connectivity index (χ0v) is 13.9. The lowest BCUT2D eigenvalue weighted by atomic mass is 10.1. The molecule has 2 rings (SSSR count). The number of hydrogen-bond donors (Lipinski definition) is 0. The summed E-state index contributed by atoms with van der Waals surface area (Å²) in [7, 11) is 0. The topological polar surface area (TPSA) is 69.7 Å². The molecular weight excluding hydrogens is 320 g/mol. The molecule has 2 aromatic carbocycles. The number of aryl methyl sites for hydroxylation is 1. The van der Waals surface area contributed by atoms with Crippen molar-refractivity contribution in [1.29, 1.82) is 0 Å². The lowest BCUT2D eigenvalue weighted by Gasteiger charge is -2.07. The van der Waals surface area contributed by atoms with Crippen LogP contribution in [0.2, 0.25) is 0 Å². The summed E-state index contributed by atoms with van der Waals surface area (Å²) in [6, 6.07) is 15.5. The molecule has 128 valence electrons. The van der Waals surface area contributed by atoms with Crippen LogP contribution in [0.25, 0.3) is 0 Å². The molecule has 0 spiro atoms. The van der Waals surface area contributed by atoms with Crippen LogP contribution in [0.5, 0.6) is 5.75 Å². The first-order valence-corrected chi connectivity index (χ1v) is 7.66. The van der Waals surface area contributed by atoms with Crippen molar-refractivity contribution in [2.45, 2.75) is 13.3 Å². The Morgan fingerprint density at radius 2 is 1.72 bits per heavy atom. The van der Waals surface area contributed by atoms with E-state index in [4.69, 9.17) is 9.47 Å². The second-order valence-corrected chi connectivity index (χ2v) is 5.44. The van der Waals surface area contributed by atoms with Crippen LogP contribution in [-0.2, 0) is 14.3 Å². The van der Waals surface area contributed by atoms with Crippen LogP contribution in [0.15, 0.2) is 66.7 Å². The standard InChI is InChI=1S/C20H18O5/c1-14-7-6-8-16(11-14)18(21)13-24-20(23)15(2)12-19(22)25-17-9-4-3-5-10-17/h3-11H,2,12-13H2,1H3. The summed E-state index contributed by atoms with van der Waals surface area (Å²) in [6.45, 7) is 4.97. The van der Waals surface area contributed by atoms with Gasteiger partial charge in [0, 0.05) is 11.1 Å². The Labute approximate surface area is 145 Å². The zero-order chi connectivity index (χ0) is 18.2. The molecule has 0 amide bonds. The predicted molar refractivity (Wildman–Crippen MR) is 92.3 cm³/mol. The van der Waals surface area contributed by atoms with Crippen molar-refractivity contribution < 1.29 is 23.9 Å². The van der Waals surface area contributed by atoms with E-state index in [0.29, 0.717) is 11.3 Å². The van der Waals surface area contributed by atoms with Crippen LogP contribution < -0.4 is 4.74 Å². The van der Waals surface area contributed by atoms with Crippen molar-refractivity contribution in [1.82, 2.24) is 0 Å². The number of carbonyl (C=O) groups excluding carboxylic acids is 3. The zero-order valence-electron chi connectivity index (χ0n) is 13.9. The summed E-state index contributed by atoms with van der Waals surface area (Å²) in [6.07, 6.45) is -0.313. The van der Waals surface area contributed by atoms with E-state index in [2.05, 4.69) is 6.58 Å². The van der Waals surface area contributed by atoms with Crippen LogP contribution >= 0.6 is 0 Å². The van der Waals surface area contributed by atoms with E-state index in [1.807, 2.05) is 13.0 Å². The van der Waals surface area contributed by atoms with Crippen molar-refractivity contribution >= 4 is 17.7 Å². The molecular formula is C20H18O5. The maximum absolute atomic E-state index is 12.0. The number of ketones is 1. The molecule has 0 fully saturated rings. The minimum atomic E-state index is -0.800. The van der Waals surface area contributed by atoms with Gasteiger partial charge in [-0.3, -0.25) is 9.59 Å². The Bertz CT molecular complexity index is 793. The fraction of sp³-hybridized carbons (Fsp3) is 0.150. The monoisotopic (exact) mass is 338 g/mol. The van der Waals surface area contributed by atoms with Gasteiger partial charge in [0.1, 0.15) is 5.75 Å². The first-order valence-electron chi connectivity index (χ1n) is 7.66. The summed E-state index contributed by atoms with van der Waals surface area (Å²) < 4.78 is 9.98. The minimum Gasteiger partial charge on any atom is -0.454 e. The van der Waals surface area contributed by atoms with Crippen molar-refractivity contribution in [3.8, 4) is 5.75 Å². The number of esters is 2. The molecule has 0 aliphatic heterocycles. The van der Waals surface area contributed by atoms with Crippen LogP contribution in [-0.4, -0.2) is 24.3 Å². The molecule has 2 aromatic rings. The largest absolute Gasteiger partial charge is 0.454 e. The molecule has 5 heteroatoms. The van der Waals surface area contributed by atoms with Crippen molar-refractivity contribution in [2.75, 3.05) is 6.61 Å². The van der Waals surface area contributed by atoms with E-state index in [1.165, 1.54) is 0 Å². The predicted octanol–water partition coefficient (Wildman–Crippen LogP) is 3.27. The number of Topliss-reactive ketones (excluding diaryl/α,β-unsaturated/α-hetero) is 1. The van der Waals surface area contributed by atoms with Gasteiger partial charge in [-0.15, -0.1) is 0 Å². The summed E-state index contributed by atoms with van der Waals surface area (Å²) in [4.78, 5) is 35.6. The van der Waals surface area contributed by atoms with E-state index in [1.54, 1.807) is 48.5 Å². The molecule has 5 nitrogen and oxygen atoms in total. The highest BCUT2D eigenvalue weighted by atomic mass is 16.5.